The van der Waals surface area contributed by atoms with Gasteiger partial charge in [0.2, 0.25) is 11.8 Å². The van der Waals surface area contributed by atoms with Crippen LogP contribution < -0.4 is 5.73 Å². The maximum absolute atomic E-state index is 10.1. The highest BCUT2D eigenvalue weighted by Crippen LogP contribution is 1.69. The van der Waals surface area contributed by atoms with Gasteiger partial charge in [0, 0.05) is 27.4 Å². The maximum Gasteiger partial charge on any atom is 0.218 e. The van der Waals surface area contributed by atoms with Crippen LogP contribution in [-0.4, -0.2) is 30.8 Å². The monoisotopic (exact) mass is 160 g/mol. The molecule has 66 valence electrons. The minimum Gasteiger partial charge on any atom is -0.370 e. The molecular formula is C7H16N2O2. The van der Waals surface area contributed by atoms with E-state index in [4.69, 9.17) is 0 Å². The molecule has 2 N–H and O–H groups in total. The van der Waals surface area contributed by atoms with E-state index in [0.717, 1.165) is 0 Å². The van der Waals surface area contributed by atoms with Gasteiger partial charge in [0.15, 0.2) is 0 Å². The predicted octanol–water partition coefficient (Wildman–Crippen LogP) is -0.0238. The number of hydrogen-bond acceptors (Lipinski definition) is 2. The summed E-state index contributed by atoms with van der Waals surface area (Å²) in [5, 5.41) is 0. The molecule has 0 heterocycles. The van der Waals surface area contributed by atoms with E-state index in [9.17, 15) is 9.59 Å². The smallest absolute Gasteiger partial charge is 0.218 e. The summed E-state index contributed by atoms with van der Waals surface area (Å²) in [4.78, 5) is 21.2. The molecule has 0 bridgehead atoms. The van der Waals surface area contributed by atoms with Crippen molar-refractivity contribution in [3.63, 3.8) is 0 Å². The van der Waals surface area contributed by atoms with Crippen LogP contribution in [0.25, 0.3) is 0 Å². The van der Waals surface area contributed by atoms with Gasteiger partial charge in [0.25, 0.3) is 0 Å². The summed E-state index contributed by atoms with van der Waals surface area (Å²) in [6.45, 7) is 3.25. The van der Waals surface area contributed by atoms with Crippen molar-refractivity contribution in [2.24, 2.45) is 5.73 Å². The summed E-state index contributed by atoms with van der Waals surface area (Å²) in [7, 11) is 3.45. The van der Waals surface area contributed by atoms with Gasteiger partial charge >= 0.3 is 0 Å². The summed E-state index contributed by atoms with van der Waals surface area (Å²) >= 11 is 0. The first-order chi connectivity index (χ1) is 4.91. The van der Waals surface area contributed by atoms with Crippen LogP contribution in [0.2, 0.25) is 0 Å². The highest BCUT2D eigenvalue weighted by Gasteiger charge is 1.87. The topological polar surface area (TPSA) is 63.4 Å². The number of hydrogen-bond donors (Lipinski definition) is 1. The largest absolute Gasteiger partial charge is 0.370 e. The van der Waals surface area contributed by atoms with Gasteiger partial charge in [-0.3, -0.25) is 9.59 Å². The van der Waals surface area contributed by atoms with Crippen molar-refractivity contribution >= 4 is 11.8 Å². The Morgan fingerprint density at radius 1 is 1.36 bits per heavy atom. The van der Waals surface area contributed by atoms with E-state index in [1.165, 1.54) is 11.8 Å². The Balaban J connectivity index is 0. The van der Waals surface area contributed by atoms with E-state index < -0.39 is 0 Å². The standard InChI is InChI=1S/C4H9NO.C3H7NO/c1-4(6)5(2)3;1-2-3(4)5/h1-3H3;2H2,1H3,(H2,4,5). The molecule has 0 spiro atoms. The number of carbonyl (C=O) groups is 2. The Labute approximate surface area is 67.4 Å². The first-order valence-corrected chi connectivity index (χ1v) is 3.38. The van der Waals surface area contributed by atoms with Gasteiger partial charge in [-0.05, 0) is 0 Å². The highest BCUT2D eigenvalue weighted by molar-refractivity contribution is 5.73. The molecule has 4 heteroatoms. The average Bonchev–Trinajstić information content (AvgIpc) is 1.89. The summed E-state index contributed by atoms with van der Waals surface area (Å²) in [6.07, 6.45) is 0.444. The fourth-order valence-electron chi connectivity index (χ4n) is 0. The van der Waals surface area contributed by atoms with E-state index in [0.29, 0.717) is 6.42 Å². The van der Waals surface area contributed by atoms with Gasteiger partial charge in [-0.2, -0.15) is 0 Å². The minimum atomic E-state index is -0.245. The van der Waals surface area contributed by atoms with Crippen LogP contribution in [-0.2, 0) is 9.59 Å². The van der Waals surface area contributed by atoms with Gasteiger partial charge in [0.05, 0.1) is 0 Å². The van der Waals surface area contributed by atoms with Crippen molar-refractivity contribution in [1.82, 2.24) is 4.90 Å². The van der Waals surface area contributed by atoms with Crippen LogP contribution in [0, 0.1) is 0 Å². The average molecular weight is 160 g/mol. The lowest BCUT2D eigenvalue weighted by Crippen LogP contribution is -2.17. The van der Waals surface area contributed by atoms with Crippen molar-refractivity contribution in [2.45, 2.75) is 20.3 Å². The molecule has 0 aliphatic carbocycles. The first kappa shape index (κ1) is 12.6. The van der Waals surface area contributed by atoms with Crippen LogP contribution >= 0.6 is 0 Å². The molecule has 11 heavy (non-hydrogen) atoms. The van der Waals surface area contributed by atoms with E-state index in [1.54, 1.807) is 21.0 Å². The molecule has 0 saturated carbocycles. The molecule has 0 unspecified atom stereocenters. The van der Waals surface area contributed by atoms with Gasteiger partial charge in [-0.25, -0.2) is 0 Å². The Morgan fingerprint density at radius 3 is 1.55 bits per heavy atom. The van der Waals surface area contributed by atoms with Crippen LogP contribution in [0.15, 0.2) is 0 Å². The Hall–Kier alpha value is -1.06. The van der Waals surface area contributed by atoms with Crippen LogP contribution in [0.1, 0.15) is 20.3 Å². The van der Waals surface area contributed by atoms with Crippen molar-refractivity contribution in [1.29, 1.82) is 0 Å². The van der Waals surface area contributed by atoms with Gasteiger partial charge < -0.3 is 10.6 Å². The molecule has 2 amide bonds. The van der Waals surface area contributed by atoms with Crippen molar-refractivity contribution < 1.29 is 9.59 Å². The quantitative estimate of drug-likeness (QED) is 0.585. The second-order valence-electron chi connectivity index (χ2n) is 2.23. The second kappa shape index (κ2) is 7.05. The third kappa shape index (κ3) is 17.6. The van der Waals surface area contributed by atoms with E-state index in [2.05, 4.69) is 5.73 Å². The molecule has 0 aliphatic heterocycles. The number of rotatable bonds is 1. The minimum absolute atomic E-state index is 0.0926. The molecule has 0 aromatic carbocycles. The van der Waals surface area contributed by atoms with E-state index in [1.807, 2.05) is 0 Å². The number of carbonyl (C=O) groups excluding carboxylic acids is 2. The Morgan fingerprint density at radius 2 is 1.55 bits per heavy atom. The molecule has 0 aliphatic rings. The van der Waals surface area contributed by atoms with Gasteiger partial charge in [-0.1, -0.05) is 6.92 Å². The molecule has 0 aromatic heterocycles. The third-order valence-corrected chi connectivity index (χ3v) is 0.978. The zero-order valence-corrected chi connectivity index (χ0v) is 7.55. The fourth-order valence-corrected chi connectivity index (χ4v) is 0. The predicted molar refractivity (Wildman–Crippen MR) is 43.9 cm³/mol. The van der Waals surface area contributed by atoms with E-state index >= 15 is 0 Å². The fraction of sp³-hybridized carbons (Fsp3) is 0.714. The van der Waals surface area contributed by atoms with Crippen LogP contribution in [0.3, 0.4) is 0 Å². The number of nitrogens with zero attached hydrogens (tertiary/aromatic N) is 1. The lowest BCUT2D eigenvalue weighted by Gasteiger charge is -2.02. The zero-order valence-electron chi connectivity index (χ0n) is 7.55. The molecule has 0 fully saturated rings. The lowest BCUT2D eigenvalue weighted by molar-refractivity contribution is -0.126. The first-order valence-electron chi connectivity index (χ1n) is 3.38. The van der Waals surface area contributed by atoms with Crippen molar-refractivity contribution in [3.05, 3.63) is 0 Å². The summed E-state index contributed by atoms with van der Waals surface area (Å²) < 4.78 is 0. The second-order valence-corrected chi connectivity index (χ2v) is 2.23. The Kier molecular flexibility index (Phi) is 8.08. The SMILES string of the molecule is CC(=O)N(C)C.CCC(N)=O. The summed E-state index contributed by atoms with van der Waals surface area (Å²) in [5.41, 5.74) is 4.65. The highest BCUT2D eigenvalue weighted by atomic mass is 16.2. The molecular weight excluding hydrogens is 144 g/mol. The van der Waals surface area contributed by atoms with Crippen molar-refractivity contribution in [2.75, 3.05) is 14.1 Å². The molecule has 0 radical (unpaired) electrons. The van der Waals surface area contributed by atoms with Gasteiger partial charge in [-0.15, -0.1) is 0 Å². The molecule has 0 rings (SSSR count). The number of nitrogens with two attached hydrogens (primary N) is 1. The van der Waals surface area contributed by atoms with Crippen LogP contribution in [0.4, 0.5) is 0 Å². The van der Waals surface area contributed by atoms with Gasteiger partial charge in [0.1, 0.15) is 0 Å². The zero-order chi connectivity index (χ0) is 9.44. The number of primary amides is 1. The van der Waals surface area contributed by atoms with E-state index in [-0.39, 0.29) is 11.8 Å². The molecule has 0 saturated heterocycles. The third-order valence-electron chi connectivity index (χ3n) is 0.978. The lowest BCUT2D eigenvalue weighted by atomic mass is 10.5. The maximum atomic E-state index is 10.1. The molecule has 0 aromatic rings. The van der Waals surface area contributed by atoms with Crippen LogP contribution in [0.5, 0.6) is 0 Å². The molecule has 4 nitrogen and oxygen atoms in total. The molecule has 0 atom stereocenters. The Bertz CT molecular complexity index is 132. The van der Waals surface area contributed by atoms with Crippen molar-refractivity contribution in [3.8, 4) is 0 Å². The number of amides is 2. The normalized spacial score (nSPS) is 7.64. The summed E-state index contributed by atoms with van der Waals surface area (Å²) in [5.74, 6) is -0.153. The summed E-state index contributed by atoms with van der Waals surface area (Å²) in [6, 6.07) is 0.